The summed E-state index contributed by atoms with van der Waals surface area (Å²) in [6.45, 7) is 0. The van der Waals surface area contributed by atoms with Crippen LogP contribution in [0.15, 0.2) is 29.6 Å². The number of thiazole rings is 1. The summed E-state index contributed by atoms with van der Waals surface area (Å²) >= 11 is 1.27. The van der Waals surface area contributed by atoms with Gasteiger partial charge in [0.2, 0.25) is 5.69 Å². The number of methoxy groups -OCH3 is 1. The zero-order chi connectivity index (χ0) is 9.97. The van der Waals surface area contributed by atoms with Crippen LogP contribution in [0.2, 0.25) is 0 Å². The van der Waals surface area contributed by atoms with Crippen molar-refractivity contribution in [3.8, 4) is 17.0 Å². The van der Waals surface area contributed by atoms with Gasteiger partial charge < -0.3 is 9.94 Å². The summed E-state index contributed by atoms with van der Waals surface area (Å²) < 4.78 is 5.77. The van der Waals surface area contributed by atoms with E-state index in [9.17, 15) is 5.21 Å². The minimum Gasteiger partial charge on any atom is -0.617 e. The van der Waals surface area contributed by atoms with Gasteiger partial charge in [-0.15, -0.1) is 4.73 Å². The van der Waals surface area contributed by atoms with Crippen LogP contribution in [0.4, 0.5) is 0 Å². The highest BCUT2D eigenvalue weighted by Gasteiger charge is 2.09. The molecule has 0 aliphatic rings. The highest BCUT2D eigenvalue weighted by Crippen LogP contribution is 2.20. The Morgan fingerprint density at radius 2 is 2.07 bits per heavy atom. The van der Waals surface area contributed by atoms with E-state index in [1.54, 1.807) is 12.5 Å². The third-order valence-corrected chi connectivity index (χ3v) is 2.52. The molecule has 1 aromatic carbocycles. The Hall–Kier alpha value is -1.55. The van der Waals surface area contributed by atoms with Gasteiger partial charge in [0.25, 0.3) is 0 Å². The molecule has 0 bridgehead atoms. The maximum Gasteiger partial charge on any atom is 0.359 e. The number of benzene rings is 1. The van der Waals surface area contributed by atoms with Crippen LogP contribution in [0.3, 0.4) is 0 Å². The van der Waals surface area contributed by atoms with Crippen molar-refractivity contribution >= 4 is 11.3 Å². The molecule has 0 saturated carbocycles. The molecule has 1 aromatic heterocycles. The number of rotatable bonds is 2. The van der Waals surface area contributed by atoms with Crippen molar-refractivity contribution in [3.05, 3.63) is 40.4 Å². The largest absolute Gasteiger partial charge is 0.617 e. The Labute approximate surface area is 85.8 Å². The molecule has 3 nitrogen and oxygen atoms in total. The van der Waals surface area contributed by atoms with Crippen LogP contribution in [0, 0.1) is 10.7 Å². The van der Waals surface area contributed by atoms with E-state index < -0.39 is 0 Å². The van der Waals surface area contributed by atoms with E-state index in [-0.39, 0.29) is 0 Å². The van der Waals surface area contributed by atoms with Crippen molar-refractivity contribution in [1.82, 2.24) is 0 Å². The molecule has 0 aliphatic carbocycles. The van der Waals surface area contributed by atoms with Crippen molar-refractivity contribution in [2.45, 2.75) is 0 Å². The van der Waals surface area contributed by atoms with Gasteiger partial charge in [-0.2, -0.15) is 0 Å². The normalized spacial score (nSPS) is 10.1. The number of hydrogen-bond acceptors (Lipinski definition) is 3. The number of hydrogen-bond donors (Lipinski definition) is 0. The molecule has 14 heavy (non-hydrogen) atoms. The van der Waals surface area contributed by atoms with Crippen LogP contribution < -0.4 is 9.47 Å². The standard InChI is InChI=1S/C10H8NO2S/c1-13-9-4-2-8(3-5-9)10-6-14-7-11(10)12/h2-6H,1H3. The van der Waals surface area contributed by atoms with Gasteiger partial charge in [0.15, 0.2) is 0 Å². The van der Waals surface area contributed by atoms with Gasteiger partial charge in [0, 0.05) is 5.56 Å². The second-order valence-corrected chi connectivity index (χ2v) is 3.39. The average molecular weight is 206 g/mol. The fourth-order valence-corrected chi connectivity index (χ4v) is 1.76. The minimum absolute atomic E-state index is 0.623. The molecule has 0 spiro atoms. The molecule has 0 fully saturated rings. The quantitative estimate of drug-likeness (QED) is 0.555. The number of aromatic nitrogens is 1. The zero-order valence-electron chi connectivity index (χ0n) is 7.56. The topological polar surface area (TPSA) is 36.2 Å². The van der Waals surface area contributed by atoms with E-state index in [4.69, 9.17) is 4.74 Å². The molecular formula is C10H8NO2S. The lowest BCUT2D eigenvalue weighted by atomic mass is 10.2. The maximum atomic E-state index is 11.2. The number of nitrogens with zero attached hydrogens (tertiary/aromatic N) is 1. The third-order valence-electron chi connectivity index (χ3n) is 1.91. The molecule has 0 saturated heterocycles. The van der Waals surface area contributed by atoms with Gasteiger partial charge in [-0.3, -0.25) is 0 Å². The van der Waals surface area contributed by atoms with E-state index in [0.29, 0.717) is 5.69 Å². The van der Waals surface area contributed by atoms with E-state index in [1.807, 2.05) is 24.3 Å². The lowest BCUT2D eigenvalue weighted by molar-refractivity contribution is -0.592. The maximum absolute atomic E-state index is 11.2. The summed E-state index contributed by atoms with van der Waals surface area (Å²) in [4.78, 5) is 0. The molecule has 0 aliphatic heterocycles. The first-order valence-electron chi connectivity index (χ1n) is 4.04. The fraction of sp³-hybridized carbons (Fsp3) is 0.100. The molecule has 71 valence electrons. The fourth-order valence-electron chi connectivity index (χ4n) is 1.17. The van der Waals surface area contributed by atoms with Crippen LogP contribution >= 0.6 is 11.3 Å². The lowest BCUT2D eigenvalue weighted by Crippen LogP contribution is -2.25. The Bertz CT molecular complexity index is 422. The minimum atomic E-state index is 0.623. The molecule has 2 rings (SSSR count). The average Bonchev–Trinajstić information content (AvgIpc) is 2.65. The van der Waals surface area contributed by atoms with Gasteiger partial charge in [-0.25, -0.2) is 0 Å². The molecule has 2 aromatic rings. The van der Waals surface area contributed by atoms with Crippen LogP contribution in [0.5, 0.6) is 5.75 Å². The first-order chi connectivity index (χ1) is 6.81. The summed E-state index contributed by atoms with van der Waals surface area (Å²) in [5.74, 6) is 0.783. The highest BCUT2D eigenvalue weighted by molar-refractivity contribution is 7.07. The molecule has 4 heteroatoms. The first kappa shape index (κ1) is 9.02. The van der Waals surface area contributed by atoms with Gasteiger partial charge in [0.1, 0.15) is 5.75 Å². The van der Waals surface area contributed by atoms with Crippen LogP contribution in [-0.2, 0) is 0 Å². The highest BCUT2D eigenvalue weighted by atomic mass is 32.1. The van der Waals surface area contributed by atoms with Crippen molar-refractivity contribution in [2.24, 2.45) is 0 Å². The summed E-state index contributed by atoms with van der Waals surface area (Å²) in [6, 6.07) is 7.35. The molecule has 0 N–H and O–H groups in total. The molecule has 0 unspecified atom stereocenters. The third kappa shape index (κ3) is 1.56. The van der Waals surface area contributed by atoms with Crippen molar-refractivity contribution < 1.29 is 9.47 Å². The SMILES string of the molecule is COc1ccc(-c2cs[c][n+]2[O-])cc1. The zero-order valence-corrected chi connectivity index (χ0v) is 8.38. The van der Waals surface area contributed by atoms with Crippen LogP contribution in [0.25, 0.3) is 11.3 Å². The summed E-state index contributed by atoms with van der Waals surface area (Å²) in [7, 11) is 1.61. The summed E-state index contributed by atoms with van der Waals surface area (Å²) in [5.41, 5.74) is 4.06. The predicted molar refractivity (Wildman–Crippen MR) is 54.1 cm³/mol. The van der Waals surface area contributed by atoms with Crippen LogP contribution in [0.1, 0.15) is 0 Å². The van der Waals surface area contributed by atoms with E-state index in [2.05, 4.69) is 5.51 Å². The van der Waals surface area contributed by atoms with E-state index in [1.165, 1.54) is 11.3 Å². The summed E-state index contributed by atoms with van der Waals surface area (Å²) in [5, 5.41) is 13.0. The van der Waals surface area contributed by atoms with Crippen molar-refractivity contribution in [2.75, 3.05) is 7.11 Å². The van der Waals surface area contributed by atoms with Gasteiger partial charge in [-0.1, -0.05) is 11.3 Å². The van der Waals surface area contributed by atoms with Gasteiger partial charge in [0.05, 0.1) is 12.5 Å². The number of ether oxygens (including phenoxy) is 1. The lowest BCUT2D eigenvalue weighted by Gasteiger charge is -2.00. The second-order valence-electron chi connectivity index (χ2n) is 2.74. The van der Waals surface area contributed by atoms with Crippen molar-refractivity contribution in [1.29, 1.82) is 0 Å². The molecule has 1 radical (unpaired) electrons. The second kappa shape index (κ2) is 3.67. The Balaban J connectivity index is 2.39. The Morgan fingerprint density at radius 3 is 2.57 bits per heavy atom. The van der Waals surface area contributed by atoms with Gasteiger partial charge >= 0.3 is 5.51 Å². The molecule has 1 heterocycles. The Kier molecular flexibility index (Phi) is 2.37. The van der Waals surface area contributed by atoms with E-state index in [0.717, 1.165) is 16.0 Å². The van der Waals surface area contributed by atoms with Crippen molar-refractivity contribution in [3.63, 3.8) is 0 Å². The Morgan fingerprint density at radius 1 is 1.36 bits per heavy atom. The molecule has 0 atom stereocenters. The summed E-state index contributed by atoms with van der Waals surface area (Å²) in [6.07, 6.45) is 0. The molecular weight excluding hydrogens is 198 g/mol. The van der Waals surface area contributed by atoms with Gasteiger partial charge in [-0.05, 0) is 24.3 Å². The predicted octanol–water partition coefficient (Wildman–Crippen LogP) is 1.86. The smallest absolute Gasteiger partial charge is 0.359 e. The van der Waals surface area contributed by atoms with Crippen LogP contribution in [-0.4, -0.2) is 7.11 Å². The monoisotopic (exact) mass is 206 g/mol. The first-order valence-corrected chi connectivity index (χ1v) is 4.92. The van der Waals surface area contributed by atoms with E-state index >= 15 is 0 Å². The molecule has 0 amide bonds.